The summed E-state index contributed by atoms with van der Waals surface area (Å²) >= 11 is 0. The van der Waals surface area contributed by atoms with Crippen molar-refractivity contribution in [3.8, 4) is 17.1 Å². The van der Waals surface area contributed by atoms with E-state index in [4.69, 9.17) is 4.74 Å². The van der Waals surface area contributed by atoms with Gasteiger partial charge in [-0.15, -0.1) is 5.10 Å². The van der Waals surface area contributed by atoms with E-state index in [-0.39, 0.29) is 6.10 Å². The van der Waals surface area contributed by atoms with E-state index in [0.29, 0.717) is 11.6 Å². The quantitative estimate of drug-likeness (QED) is 0.664. The fourth-order valence-corrected chi connectivity index (χ4v) is 1.81. The van der Waals surface area contributed by atoms with Crippen molar-refractivity contribution in [1.82, 2.24) is 9.78 Å². The highest BCUT2D eigenvalue weighted by Crippen LogP contribution is 2.30. The largest absolute Gasteiger partial charge is 0.473 e. The lowest BCUT2D eigenvalue weighted by Crippen LogP contribution is -2.32. The number of pyridine rings is 1. The van der Waals surface area contributed by atoms with Gasteiger partial charge in [0.25, 0.3) is 5.69 Å². The maximum Gasteiger partial charge on any atom is 0.271 e. The minimum atomic E-state index is 0.0360. The van der Waals surface area contributed by atoms with Gasteiger partial charge in [-0.25, -0.2) is 0 Å². The summed E-state index contributed by atoms with van der Waals surface area (Å²) < 4.78 is 8.53. The summed E-state index contributed by atoms with van der Waals surface area (Å²) in [7, 11) is 1.86. The Balaban J connectivity index is 2.59. The molecule has 5 nitrogen and oxygen atoms in total. The molecule has 0 spiro atoms. The Morgan fingerprint density at radius 2 is 2.11 bits per heavy atom. The molecule has 0 atom stereocenters. The van der Waals surface area contributed by atoms with Gasteiger partial charge in [-0.2, -0.15) is 0 Å². The van der Waals surface area contributed by atoms with E-state index >= 15 is 0 Å². The van der Waals surface area contributed by atoms with Crippen LogP contribution in [0, 0.1) is 6.92 Å². The van der Waals surface area contributed by atoms with Crippen LogP contribution in [0.3, 0.4) is 0 Å². The third kappa shape index (κ3) is 2.16. The lowest BCUT2D eigenvalue weighted by molar-refractivity contribution is -0.896. The molecule has 2 aromatic heterocycles. The van der Waals surface area contributed by atoms with E-state index in [1.54, 1.807) is 16.9 Å². The highest BCUT2D eigenvalue weighted by Gasteiger charge is 2.25. The highest BCUT2D eigenvalue weighted by atomic mass is 16.5. The Labute approximate surface area is 106 Å². The van der Waals surface area contributed by atoms with Crippen molar-refractivity contribution in [3.05, 3.63) is 30.1 Å². The average Bonchev–Trinajstić information content (AvgIpc) is 2.55. The molecule has 0 fully saturated rings. The van der Waals surface area contributed by atoms with Crippen LogP contribution < -0.4 is 9.47 Å². The number of ether oxygens (including phenoxy) is 1. The minimum absolute atomic E-state index is 0.0360. The van der Waals surface area contributed by atoms with E-state index in [0.717, 1.165) is 16.0 Å². The molecule has 1 N–H and O–H groups in total. The summed E-state index contributed by atoms with van der Waals surface area (Å²) in [5, 5.41) is 14.2. The van der Waals surface area contributed by atoms with E-state index in [2.05, 4.69) is 5.10 Å². The summed E-state index contributed by atoms with van der Waals surface area (Å²) in [4.78, 5) is 0. The number of nitrogens with zero attached hydrogens (tertiary/aromatic N) is 3. The first-order valence-electron chi connectivity index (χ1n) is 5.91. The molecule has 0 bridgehead atoms. The van der Waals surface area contributed by atoms with Crippen LogP contribution in [0.5, 0.6) is 5.88 Å². The second kappa shape index (κ2) is 4.68. The molecule has 0 saturated heterocycles. The van der Waals surface area contributed by atoms with Gasteiger partial charge in [-0.3, -0.25) is 9.89 Å². The molecule has 2 heterocycles. The zero-order valence-corrected chi connectivity index (χ0v) is 11.1. The second-order valence-electron chi connectivity index (χ2n) is 4.49. The van der Waals surface area contributed by atoms with Crippen molar-refractivity contribution in [1.29, 1.82) is 0 Å². The molecule has 18 heavy (non-hydrogen) atoms. The normalized spacial score (nSPS) is 10.9. The van der Waals surface area contributed by atoms with Crippen molar-refractivity contribution in [3.63, 3.8) is 0 Å². The van der Waals surface area contributed by atoms with Gasteiger partial charge < -0.3 is 4.74 Å². The second-order valence-corrected chi connectivity index (χ2v) is 4.49. The first-order chi connectivity index (χ1) is 8.50. The van der Waals surface area contributed by atoms with Crippen LogP contribution in [0.2, 0.25) is 0 Å². The van der Waals surface area contributed by atoms with Crippen LogP contribution in [0.25, 0.3) is 11.3 Å². The third-order valence-corrected chi connectivity index (χ3v) is 2.74. The summed E-state index contributed by atoms with van der Waals surface area (Å²) in [5.41, 5.74) is 2.42. The van der Waals surface area contributed by atoms with Crippen LogP contribution in [-0.4, -0.2) is 21.1 Å². The average molecular weight is 248 g/mol. The molecular formula is C13H18N3O2+. The summed E-state index contributed by atoms with van der Waals surface area (Å²) in [6.45, 7) is 5.85. The van der Waals surface area contributed by atoms with Crippen molar-refractivity contribution in [2.75, 3.05) is 0 Å². The monoisotopic (exact) mass is 248 g/mol. The van der Waals surface area contributed by atoms with Gasteiger partial charge >= 0.3 is 0 Å². The van der Waals surface area contributed by atoms with Crippen molar-refractivity contribution in [2.45, 2.75) is 26.9 Å². The molecule has 5 heteroatoms. The minimum Gasteiger partial charge on any atom is -0.473 e. The molecular weight excluding hydrogens is 230 g/mol. The van der Waals surface area contributed by atoms with Crippen LogP contribution in [0.4, 0.5) is 0 Å². The smallest absolute Gasteiger partial charge is 0.271 e. The topological polar surface area (TPSA) is 51.2 Å². The van der Waals surface area contributed by atoms with Gasteiger partial charge in [0.15, 0.2) is 0 Å². The number of rotatable bonds is 3. The van der Waals surface area contributed by atoms with Gasteiger partial charge in [0.1, 0.15) is 5.56 Å². The molecule has 0 saturated carbocycles. The summed E-state index contributed by atoms with van der Waals surface area (Å²) in [5.74, 6) is 0.541. The fourth-order valence-electron chi connectivity index (χ4n) is 1.81. The zero-order valence-electron chi connectivity index (χ0n) is 11.1. The van der Waals surface area contributed by atoms with Gasteiger partial charge in [-0.05, 0) is 26.8 Å². The molecule has 96 valence electrons. The molecule has 0 radical (unpaired) electrons. The fraction of sp³-hybridized carbons (Fsp3) is 0.385. The van der Waals surface area contributed by atoms with Gasteiger partial charge in [0.2, 0.25) is 12.1 Å². The van der Waals surface area contributed by atoms with Crippen LogP contribution in [0.15, 0.2) is 24.4 Å². The predicted octanol–water partition coefficient (Wildman–Crippen LogP) is 1.71. The molecule has 0 unspecified atom stereocenters. The van der Waals surface area contributed by atoms with Crippen LogP contribution in [-0.2, 0) is 7.05 Å². The molecule has 2 aromatic rings. The third-order valence-electron chi connectivity index (χ3n) is 2.74. The molecule has 0 aliphatic rings. The maximum atomic E-state index is 9.88. The first kappa shape index (κ1) is 12.4. The number of aromatic nitrogens is 3. The van der Waals surface area contributed by atoms with Crippen molar-refractivity contribution in [2.24, 2.45) is 7.05 Å². The molecule has 0 amide bonds. The summed E-state index contributed by atoms with van der Waals surface area (Å²) in [6.07, 6.45) is 1.62. The Hall–Kier alpha value is -2.04. The lowest BCUT2D eigenvalue weighted by Gasteiger charge is -2.07. The van der Waals surface area contributed by atoms with Gasteiger partial charge in [0.05, 0.1) is 11.8 Å². The number of hydrogen-bond donors (Lipinski definition) is 1. The van der Waals surface area contributed by atoms with E-state index in [1.807, 2.05) is 40.0 Å². The Morgan fingerprint density at radius 3 is 2.72 bits per heavy atom. The van der Waals surface area contributed by atoms with Gasteiger partial charge in [-0.1, -0.05) is 0 Å². The highest BCUT2D eigenvalue weighted by molar-refractivity contribution is 5.65. The van der Waals surface area contributed by atoms with Crippen molar-refractivity contribution >= 4 is 0 Å². The Morgan fingerprint density at radius 1 is 1.39 bits per heavy atom. The maximum absolute atomic E-state index is 9.88. The van der Waals surface area contributed by atoms with Crippen LogP contribution >= 0.6 is 0 Å². The SMILES string of the molecule is Cc1c(-c2cccc[n+]2O)c(OC(C)C)nn1C. The standard InChI is InChI=1S/C13H18N3O2/c1-9(2)18-13-12(10(3)15(4)14-13)11-7-5-6-8-16(11)17/h5-9,17H,1-4H3/q+1. The Bertz CT molecular complexity index is 561. The van der Waals surface area contributed by atoms with Crippen molar-refractivity contribution < 1.29 is 14.7 Å². The van der Waals surface area contributed by atoms with E-state index in [1.165, 1.54) is 0 Å². The predicted molar refractivity (Wildman–Crippen MR) is 66.5 cm³/mol. The lowest BCUT2D eigenvalue weighted by atomic mass is 10.1. The summed E-state index contributed by atoms with van der Waals surface area (Å²) in [6, 6.07) is 5.46. The molecule has 0 aromatic carbocycles. The molecule has 2 rings (SSSR count). The van der Waals surface area contributed by atoms with E-state index in [9.17, 15) is 5.21 Å². The Kier molecular flexibility index (Phi) is 3.23. The molecule has 0 aliphatic heterocycles. The molecule has 0 aliphatic carbocycles. The van der Waals surface area contributed by atoms with Crippen LogP contribution in [0.1, 0.15) is 19.5 Å². The first-order valence-corrected chi connectivity index (χ1v) is 5.91. The number of aryl methyl sites for hydroxylation is 1. The van der Waals surface area contributed by atoms with Gasteiger partial charge in [0, 0.05) is 23.9 Å². The number of hydrogen-bond acceptors (Lipinski definition) is 3. The van der Waals surface area contributed by atoms with E-state index < -0.39 is 0 Å². The zero-order chi connectivity index (χ0) is 13.3.